The molecule has 3 fully saturated rings. The number of benzene rings is 1. The Morgan fingerprint density at radius 3 is 2.46 bits per heavy atom. The van der Waals surface area contributed by atoms with Crippen LogP contribution < -0.4 is 5.32 Å². The van der Waals surface area contributed by atoms with Crippen molar-refractivity contribution in [2.45, 2.75) is 83.8 Å². The van der Waals surface area contributed by atoms with E-state index in [2.05, 4.69) is 30.4 Å². The molecular formula is C31H40N2O6. The number of hydrogen-bond acceptors (Lipinski definition) is 6. The zero-order valence-electron chi connectivity index (χ0n) is 23.1. The van der Waals surface area contributed by atoms with Crippen molar-refractivity contribution in [3.8, 4) is 0 Å². The lowest BCUT2D eigenvalue weighted by Crippen LogP contribution is -2.57. The quantitative estimate of drug-likeness (QED) is 0.438. The van der Waals surface area contributed by atoms with E-state index >= 15 is 0 Å². The number of allylic oxidation sites excluding steroid dienone is 2. The summed E-state index contributed by atoms with van der Waals surface area (Å²) in [5, 5.41) is 27.6. The van der Waals surface area contributed by atoms with Gasteiger partial charge in [0.1, 0.15) is 5.60 Å². The highest BCUT2D eigenvalue weighted by molar-refractivity contribution is 5.96. The molecule has 7 atom stereocenters. The largest absolute Gasteiger partial charge is 0.479 e. The molecule has 5 rings (SSSR count). The third-order valence-corrected chi connectivity index (χ3v) is 10.8. The van der Waals surface area contributed by atoms with Gasteiger partial charge in [0.2, 0.25) is 0 Å². The van der Waals surface area contributed by atoms with Gasteiger partial charge in [-0.05, 0) is 93.1 Å². The van der Waals surface area contributed by atoms with E-state index in [-0.39, 0.29) is 23.2 Å². The molecule has 0 heterocycles. The number of nitrogens with one attached hydrogen (secondary N) is 1. The Hall–Kier alpha value is -3.00. The lowest BCUT2D eigenvalue weighted by Gasteiger charge is -2.59. The van der Waals surface area contributed by atoms with Crippen molar-refractivity contribution in [2.24, 2.45) is 33.7 Å². The summed E-state index contributed by atoms with van der Waals surface area (Å²) in [6.45, 7) is 5.70. The molecule has 0 spiro atoms. The minimum Gasteiger partial charge on any atom is -0.479 e. The molecule has 0 unspecified atom stereocenters. The van der Waals surface area contributed by atoms with E-state index in [1.807, 2.05) is 0 Å². The topological polar surface area (TPSA) is 125 Å². The number of hydrogen-bond donors (Lipinski definition) is 3. The standard InChI is InChI=1S/C31H40N2O6/c1-19(34)31(38)16-13-25-23-10-9-21-17-22(11-14-29(21,2)24(23)12-15-30(25,31)3)33-39-18-26(35)32-27(28(36)37)20-7-5-4-6-8-20/h4-8,17,23-25,27,38H,9-16,18H2,1-3H3,(H,32,35)(H,36,37)/b33-22+/t23-,24+,25+,27+,29-,30-,31+/m0/s1. The Labute approximate surface area is 229 Å². The number of fused-ring (bicyclic) bond motifs is 5. The molecule has 0 saturated heterocycles. The average Bonchev–Trinajstić information content (AvgIpc) is 3.19. The maximum atomic E-state index is 12.5. The number of carbonyl (C=O) groups is 3. The Bertz CT molecular complexity index is 1210. The highest BCUT2D eigenvalue weighted by Gasteiger charge is 2.65. The summed E-state index contributed by atoms with van der Waals surface area (Å²) in [6.07, 6.45) is 9.21. The van der Waals surface area contributed by atoms with Crippen LogP contribution in [-0.2, 0) is 19.2 Å². The van der Waals surface area contributed by atoms with Crippen LogP contribution in [0.4, 0.5) is 0 Å². The lowest BCUT2D eigenvalue weighted by molar-refractivity contribution is -0.159. The lowest BCUT2D eigenvalue weighted by atomic mass is 9.46. The fraction of sp³-hybridized carbons (Fsp3) is 0.613. The molecule has 8 nitrogen and oxygen atoms in total. The van der Waals surface area contributed by atoms with Crippen molar-refractivity contribution in [1.82, 2.24) is 5.32 Å². The second kappa shape index (κ2) is 10.2. The van der Waals surface area contributed by atoms with Crippen LogP contribution in [0.1, 0.15) is 83.7 Å². The van der Waals surface area contributed by atoms with Crippen LogP contribution in [0.5, 0.6) is 0 Å². The van der Waals surface area contributed by atoms with E-state index in [1.165, 1.54) is 5.57 Å². The molecule has 0 aromatic heterocycles. The first-order valence-corrected chi connectivity index (χ1v) is 14.2. The van der Waals surface area contributed by atoms with Crippen LogP contribution in [0.2, 0.25) is 0 Å². The number of Topliss-reactive ketones (excluding diaryl/α,β-unsaturated/α-hetero) is 1. The van der Waals surface area contributed by atoms with Gasteiger partial charge in [0, 0.05) is 5.41 Å². The number of carboxylic acid groups (broad SMARTS) is 1. The van der Waals surface area contributed by atoms with Gasteiger partial charge in [0.25, 0.3) is 5.91 Å². The Kier molecular flexibility index (Phi) is 7.20. The highest BCUT2D eigenvalue weighted by Crippen LogP contribution is 2.67. The number of aliphatic hydroxyl groups is 1. The fourth-order valence-corrected chi connectivity index (χ4v) is 8.55. The SMILES string of the molecule is CC(=O)[C@]1(O)CC[C@@H]2[C@H]3CCC4=C/C(=N/OCC(=O)N[C@@H](C(=O)O)c5ccccc5)CC[C@]4(C)[C@@H]3CC[C@@]21C. The zero-order valence-corrected chi connectivity index (χ0v) is 23.1. The van der Waals surface area contributed by atoms with E-state index in [0.29, 0.717) is 29.7 Å². The molecule has 39 heavy (non-hydrogen) atoms. The van der Waals surface area contributed by atoms with E-state index < -0.39 is 23.5 Å². The third kappa shape index (κ3) is 4.60. The second-order valence-corrected chi connectivity index (χ2v) is 12.5. The fourth-order valence-electron chi connectivity index (χ4n) is 8.55. The second-order valence-electron chi connectivity index (χ2n) is 12.5. The third-order valence-electron chi connectivity index (χ3n) is 10.8. The summed E-state index contributed by atoms with van der Waals surface area (Å²) in [5.74, 6) is -0.380. The molecule has 1 amide bonds. The van der Waals surface area contributed by atoms with Crippen LogP contribution in [0.25, 0.3) is 0 Å². The number of nitrogens with zero attached hydrogens (tertiary/aromatic N) is 1. The van der Waals surface area contributed by atoms with Gasteiger partial charge in [-0.1, -0.05) is 54.9 Å². The number of carbonyl (C=O) groups excluding carboxylic acids is 2. The summed E-state index contributed by atoms with van der Waals surface area (Å²) in [5.41, 5.74) is 1.19. The normalized spacial score (nSPS) is 37.1. The summed E-state index contributed by atoms with van der Waals surface area (Å²) < 4.78 is 0. The van der Waals surface area contributed by atoms with Crippen LogP contribution in [-0.4, -0.2) is 45.8 Å². The van der Waals surface area contributed by atoms with Gasteiger partial charge < -0.3 is 20.4 Å². The number of oxime groups is 1. The van der Waals surface area contributed by atoms with Gasteiger partial charge in [-0.2, -0.15) is 0 Å². The summed E-state index contributed by atoms with van der Waals surface area (Å²) in [7, 11) is 0. The van der Waals surface area contributed by atoms with Crippen molar-refractivity contribution < 1.29 is 29.4 Å². The monoisotopic (exact) mass is 536 g/mol. The van der Waals surface area contributed by atoms with Crippen molar-refractivity contribution in [1.29, 1.82) is 0 Å². The number of rotatable bonds is 7. The first-order valence-electron chi connectivity index (χ1n) is 14.2. The van der Waals surface area contributed by atoms with Gasteiger partial charge in [0.15, 0.2) is 18.4 Å². The number of amides is 1. The zero-order chi connectivity index (χ0) is 28.0. The number of aliphatic carboxylic acids is 1. The minimum atomic E-state index is -1.19. The van der Waals surface area contributed by atoms with Gasteiger partial charge in [0.05, 0.1) is 5.71 Å². The number of ketones is 1. The first-order chi connectivity index (χ1) is 18.5. The van der Waals surface area contributed by atoms with Crippen LogP contribution >= 0.6 is 0 Å². The van der Waals surface area contributed by atoms with Crippen LogP contribution in [0.3, 0.4) is 0 Å². The molecule has 1 aromatic carbocycles. The first kappa shape index (κ1) is 27.6. The van der Waals surface area contributed by atoms with Crippen molar-refractivity contribution in [3.05, 3.63) is 47.5 Å². The van der Waals surface area contributed by atoms with E-state index in [9.17, 15) is 24.6 Å². The average molecular weight is 537 g/mol. The predicted octanol–water partition coefficient (Wildman–Crippen LogP) is 4.58. The molecule has 0 radical (unpaired) electrons. The van der Waals surface area contributed by atoms with Gasteiger partial charge in [-0.15, -0.1) is 0 Å². The van der Waals surface area contributed by atoms with E-state index in [1.54, 1.807) is 37.3 Å². The van der Waals surface area contributed by atoms with Crippen LogP contribution in [0.15, 0.2) is 47.1 Å². The Morgan fingerprint density at radius 2 is 1.77 bits per heavy atom. The Morgan fingerprint density at radius 1 is 1.05 bits per heavy atom. The molecule has 4 aliphatic carbocycles. The van der Waals surface area contributed by atoms with Crippen molar-refractivity contribution in [3.63, 3.8) is 0 Å². The summed E-state index contributed by atoms with van der Waals surface area (Å²) in [6, 6.07) is 7.40. The maximum absolute atomic E-state index is 12.5. The molecule has 0 bridgehead atoms. The van der Waals surface area contributed by atoms with Crippen LogP contribution in [0, 0.1) is 28.6 Å². The highest BCUT2D eigenvalue weighted by atomic mass is 16.6. The molecule has 1 aromatic rings. The molecule has 4 aliphatic rings. The van der Waals surface area contributed by atoms with Crippen molar-refractivity contribution >= 4 is 23.4 Å². The molecule has 8 heteroatoms. The minimum absolute atomic E-state index is 0.0575. The number of carboxylic acids is 1. The van der Waals surface area contributed by atoms with Gasteiger partial charge in [-0.3, -0.25) is 9.59 Å². The van der Waals surface area contributed by atoms with E-state index in [4.69, 9.17) is 4.84 Å². The molecular weight excluding hydrogens is 496 g/mol. The molecule has 0 aliphatic heterocycles. The molecule has 3 saturated carbocycles. The maximum Gasteiger partial charge on any atom is 0.330 e. The Balaban J connectivity index is 1.23. The predicted molar refractivity (Wildman–Crippen MR) is 146 cm³/mol. The molecule has 3 N–H and O–H groups in total. The van der Waals surface area contributed by atoms with E-state index in [0.717, 1.165) is 50.7 Å². The van der Waals surface area contributed by atoms with Crippen molar-refractivity contribution in [2.75, 3.05) is 6.61 Å². The summed E-state index contributed by atoms with van der Waals surface area (Å²) in [4.78, 5) is 41.9. The smallest absolute Gasteiger partial charge is 0.330 e. The molecule has 210 valence electrons. The summed E-state index contributed by atoms with van der Waals surface area (Å²) >= 11 is 0. The van der Waals surface area contributed by atoms with Gasteiger partial charge in [-0.25, -0.2) is 4.79 Å². The van der Waals surface area contributed by atoms with Gasteiger partial charge >= 0.3 is 5.97 Å².